The van der Waals surface area contributed by atoms with Crippen LogP contribution in [0.2, 0.25) is 5.02 Å². The highest BCUT2D eigenvalue weighted by molar-refractivity contribution is 9.10. The van der Waals surface area contributed by atoms with Gasteiger partial charge in [0.05, 0.1) is 17.8 Å². The summed E-state index contributed by atoms with van der Waals surface area (Å²) in [5, 5.41) is 5.76. The maximum atomic E-state index is 13.1. The first-order valence-electron chi connectivity index (χ1n) is 8.91. The van der Waals surface area contributed by atoms with E-state index in [1.54, 1.807) is 10.6 Å². The molecule has 30 heavy (non-hydrogen) atoms. The minimum Gasteiger partial charge on any atom is -0.325 e. The van der Waals surface area contributed by atoms with Gasteiger partial charge in [0.1, 0.15) is 4.70 Å². The second-order valence-electron chi connectivity index (χ2n) is 6.36. The SMILES string of the molecule is O=C(CSc1nc2ccsc2c(=O)n1Cc1ccccc1Cl)Nc1cccc(Br)c1. The monoisotopic (exact) mass is 519 g/mol. The van der Waals surface area contributed by atoms with E-state index in [9.17, 15) is 9.59 Å². The molecule has 2 aromatic heterocycles. The third-order valence-electron chi connectivity index (χ3n) is 4.26. The van der Waals surface area contributed by atoms with Gasteiger partial charge in [-0.3, -0.25) is 14.2 Å². The topological polar surface area (TPSA) is 64.0 Å². The first kappa shape index (κ1) is 21.1. The van der Waals surface area contributed by atoms with Gasteiger partial charge in [-0.25, -0.2) is 4.98 Å². The van der Waals surface area contributed by atoms with Gasteiger partial charge in [-0.05, 0) is 41.3 Å². The van der Waals surface area contributed by atoms with E-state index in [0.29, 0.717) is 26.1 Å². The van der Waals surface area contributed by atoms with E-state index >= 15 is 0 Å². The molecule has 0 saturated carbocycles. The van der Waals surface area contributed by atoms with Crippen molar-refractivity contribution in [2.24, 2.45) is 0 Å². The van der Waals surface area contributed by atoms with Gasteiger partial charge in [0.15, 0.2) is 5.16 Å². The Morgan fingerprint density at radius 1 is 1.20 bits per heavy atom. The van der Waals surface area contributed by atoms with Gasteiger partial charge in [-0.2, -0.15) is 0 Å². The molecule has 4 aromatic rings. The van der Waals surface area contributed by atoms with Crippen molar-refractivity contribution in [3.63, 3.8) is 0 Å². The fraction of sp³-hybridized carbons (Fsp3) is 0.0952. The van der Waals surface area contributed by atoms with Gasteiger partial charge >= 0.3 is 0 Å². The highest BCUT2D eigenvalue weighted by Gasteiger charge is 2.15. The molecule has 0 aliphatic heterocycles. The Labute approximate surface area is 194 Å². The number of carbonyl (C=O) groups is 1. The van der Waals surface area contributed by atoms with Gasteiger partial charge in [-0.1, -0.05) is 63.6 Å². The molecule has 2 heterocycles. The van der Waals surface area contributed by atoms with E-state index in [1.807, 2.05) is 53.9 Å². The van der Waals surface area contributed by atoms with E-state index < -0.39 is 0 Å². The van der Waals surface area contributed by atoms with Crippen molar-refractivity contribution >= 4 is 72.4 Å². The Morgan fingerprint density at radius 3 is 2.83 bits per heavy atom. The Balaban J connectivity index is 1.60. The van der Waals surface area contributed by atoms with E-state index in [0.717, 1.165) is 10.0 Å². The zero-order valence-electron chi connectivity index (χ0n) is 15.5. The summed E-state index contributed by atoms with van der Waals surface area (Å²) >= 11 is 12.3. The van der Waals surface area contributed by atoms with Crippen molar-refractivity contribution < 1.29 is 4.79 Å². The standard InChI is InChI=1S/C21H15BrClN3O2S2/c22-14-5-3-6-15(10-14)24-18(27)12-30-21-25-17-8-9-29-19(17)20(28)26(21)11-13-4-1-2-7-16(13)23/h1-10H,11-12H2,(H,24,27). The Kier molecular flexibility index (Phi) is 6.58. The fourth-order valence-corrected chi connectivity index (χ4v) is 5.04. The summed E-state index contributed by atoms with van der Waals surface area (Å²) in [5.41, 5.74) is 2.02. The molecule has 0 fully saturated rings. The summed E-state index contributed by atoms with van der Waals surface area (Å²) < 4.78 is 3.05. The van der Waals surface area contributed by atoms with Crippen LogP contribution in [0.1, 0.15) is 5.56 Å². The van der Waals surface area contributed by atoms with Crippen LogP contribution in [0, 0.1) is 0 Å². The number of amides is 1. The maximum Gasteiger partial charge on any atom is 0.272 e. The van der Waals surface area contributed by atoms with Gasteiger partial charge < -0.3 is 5.32 Å². The van der Waals surface area contributed by atoms with E-state index in [-0.39, 0.29) is 23.8 Å². The van der Waals surface area contributed by atoms with E-state index in [2.05, 4.69) is 26.2 Å². The minimum atomic E-state index is -0.179. The lowest BCUT2D eigenvalue weighted by Gasteiger charge is -2.13. The molecule has 0 unspecified atom stereocenters. The Bertz CT molecular complexity index is 1290. The van der Waals surface area contributed by atoms with Gasteiger partial charge in [0.25, 0.3) is 5.56 Å². The molecule has 0 radical (unpaired) electrons. The summed E-state index contributed by atoms with van der Waals surface area (Å²) in [6, 6.07) is 16.6. The summed E-state index contributed by atoms with van der Waals surface area (Å²) in [4.78, 5) is 30.1. The molecule has 9 heteroatoms. The molecule has 1 amide bonds. The number of hydrogen-bond acceptors (Lipinski definition) is 5. The predicted octanol–water partition coefficient (Wildman–Crippen LogP) is 5.65. The average Bonchev–Trinajstić information content (AvgIpc) is 3.19. The van der Waals surface area contributed by atoms with Crippen LogP contribution in [0.15, 0.2) is 74.4 Å². The second kappa shape index (κ2) is 9.34. The number of anilines is 1. The van der Waals surface area contributed by atoms with E-state index in [1.165, 1.54) is 23.1 Å². The molecular formula is C21H15BrClN3O2S2. The zero-order valence-corrected chi connectivity index (χ0v) is 19.4. The van der Waals surface area contributed by atoms with Gasteiger partial charge in [-0.15, -0.1) is 11.3 Å². The van der Waals surface area contributed by atoms with Crippen molar-refractivity contribution in [2.75, 3.05) is 11.1 Å². The molecule has 0 atom stereocenters. The van der Waals surface area contributed by atoms with Crippen LogP contribution >= 0.6 is 50.6 Å². The van der Waals surface area contributed by atoms with Gasteiger partial charge in [0, 0.05) is 15.2 Å². The molecule has 0 spiro atoms. The molecule has 0 aliphatic rings. The third kappa shape index (κ3) is 4.78. The number of thioether (sulfide) groups is 1. The molecule has 5 nitrogen and oxygen atoms in total. The third-order valence-corrected chi connectivity index (χ3v) is 6.99. The summed E-state index contributed by atoms with van der Waals surface area (Å²) in [6.07, 6.45) is 0. The summed E-state index contributed by atoms with van der Waals surface area (Å²) in [5.74, 6) is -0.0565. The molecule has 4 rings (SSSR count). The lowest BCUT2D eigenvalue weighted by molar-refractivity contribution is -0.113. The summed E-state index contributed by atoms with van der Waals surface area (Å²) in [6.45, 7) is 0.287. The number of nitrogens with one attached hydrogen (secondary N) is 1. The van der Waals surface area contributed by atoms with Crippen molar-refractivity contribution in [3.05, 3.63) is 85.4 Å². The number of halogens is 2. The number of rotatable bonds is 6. The van der Waals surface area contributed by atoms with E-state index in [4.69, 9.17) is 11.6 Å². The Morgan fingerprint density at radius 2 is 2.03 bits per heavy atom. The van der Waals surface area contributed by atoms with Crippen LogP contribution in [-0.2, 0) is 11.3 Å². The average molecular weight is 521 g/mol. The highest BCUT2D eigenvalue weighted by Crippen LogP contribution is 2.24. The fourth-order valence-electron chi connectivity index (χ4n) is 2.86. The molecule has 0 aliphatic carbocycles. The molecule has 0 bridgehead atoms. The van der Waals surface area contributed by atoms with Crippen molar-refractivity contribution in [1.29, 1.82) is 0 Å². The van der Waals surface area contributed by atoms with Crippen molar-refractivity contribution in [2.45, 2.75) is 11.7 Å². The number of fused-ring (bicyclic) bond motifs is 1. The molecule has 152 valence electrons. The zero-order chi connectivity index (χ0) is 21.1. The van der Waals surface area contributed by atoms with Crippen LogP contribution in [0.25, 0.3) is 10.2 Å². The quantitative estimate of drug-likeness (QED) is 0.263. The minimum absolute atomic E-state index is 0.122. The normalized spacial score (nSPS) is 11.0. The highest BCUT2D eigenvalue weighted by atomic mass is 79.9. The number of aromatic nitrogens is 2. The summed E-state index contributed by atoms with van der Waals surface area (Å²) in [7, 11) is 0. The van der Waals surface area contributed by atoms with Crippen LogP contribution in [-0.4, -0.2) is 21.2 Å². The number of benzene rings is 2. The largest absolute Gasteiger partial charge is 0.325 e. The second-order valence-corrected chi connectivity index (χ2v) is 9.54. The van der Waals surface area contributed by atoms with Gasteiger partial charge in [0.2, 0.25) is 5.91 Å². The van der Waals surface area contributed by atoms with Crippen molar-refractivity contribution in [1.82, 2.24) is 9.55 Å². The lowest BCUT2D eigenvalue weighted by Crippen LogP contribution is -2.24. The molecule has 0 saturated heterocycles. The molecule has 1 N–H and O–H groups in total. The van der Waals surface area contributed by atoms with Crippen LogP contribution in [0.5, 0.6) is 0 Å². The van der Waals surface area contributed by atoms with Crippen molar-refractivity contribution in [3.8, 4) is 0 Å². The Hall–Kier alpha value is -2.13. The smallest absolute Gasteiger partial charge is 0.272 e. The predicted molar refractivity (Wildman–Crippen MR) is 128 cm³/mol. The number of nitrogens with zero attached hydrogens (tertiary/aromatic N) is 2. The van der Waals surface area contributed by atoms with Crippen LogP contribution in [0.4, 0.5) is 5.69 Å². The molecule has 2 aromatic carbocycles. The lowest BCUT2D eigenvalue weighted by atomic mass is 10.2. The first-order valence-corrected chi connectivity index (χ1v) is 11.9. The number of carbonyl (C=O) groups excluding carboxylic acids is 1. The van der Waals surface area contributed by atoms with Crippen LogP contribution < -0.4 is 10.9 Å². The molecular weight excluding hydrogens is 506 g/mol. The number of thiophene rings is 1. The number of hydrogen-bond donors (Lipinski definition) is 1. The maximum absolute atomic E-state index is 13.1. The first-order chi connectivity index (χ1) is 14.5. The van der Waals surface area contributed by atoms with Crippen LogP contribution in [0.3, 0.4) is 0 Å².